The van der Waals surface area contributed by atoms with E-state index in [1.54, 1.807) is 16.1 Å². The molecule has 2 aromatic carbocycles. The van der Waals surface area contributed by atoms with E-state index in [9.17, 15) is 9.59 Å². The normalized spacial score (nSPS) is 10.8. The van der Waals surface area contributed by atoms with Crippen LogP contribution in [-0.4, -0.2) is 34.8 Å². The zero-order valence-electron chi connectivity index (χ0n) is 19.7. The van der Waals surface area contributed by atoms with E-state index in [2.05, 4.69) is 12.2 Å². The Bertz CT molecular complexity index is 1020. The van der Waals surface area contributed by atoms with Gasteiger partial charge in [-0.05, 0) is 41.7 Å². The molecule has 0 saturated heterocycles. The van der Waals surface area contributed by atoms with Crippen molar-refractivity contribution in [3.05, 3.63) is 89.9 Å². The van der Waals surface area contributed by atoms with Gasteiger partial charge >= 0.3 is 6.03 Å². The van der Waals surface area contributed by atoms with Crippen molar-refractivity contribution in [1.29, 1.82) is 0 Å². The fraction of sp³-hybridized carbons (Fsp3) is 0.333. The second-order valence-corrected chi connectivity index (χ2v) is 8.53. The highest BCUT2D eigenvalue weighted by Crippen LogP contribution is 2.17. The molecule has 0 spiro atoms. The molecule has 174 valence electrons. The zero-order chi connectivity index (χ0) is 23.6. The summed E-state index contributed by atoms with van der Waals surface area (Å²) in [6.45, 7) is 7.38. The minimum atomic E-state index is -0.268. The Kier molecular flexibility index (Phi) is 8.70. The number of amides is 3. The molecule has 33 heavy (non-hydrogen) atoms. The van der Waals surface area contributed by atoms with Gasteiger partial charge in [0.05, 0.1) is 12.8 Å². The van der Waals surface area contributed by atoms with Crippen molar-refractivity contribution < 1.29 is 14.0 Å². The molecule has 0 bridgehead atoms. The molecular formula is C27H33N3O3. The smallest absolute Gasteiger partial charge is 0.322 e. The number of carbonyl (C=O) groups is 2. The van der Waals surface area contributed by atoms with Gasteiger partial charge < -0.3 is 19.5 Å². The van der Waals surface area contributed by atoms with Crippen LogP contribution in [0.2, 0.25) is 0 Å². The maximum absolute atomic E-state index is 13.4. The highest BCUT2D eigenvalue weighted by atomic mass is 16.3. The van der Waals surface area contributed by atoms with Crippen LogP contribution in [0, 0.1) is 5.92 Å². The van der Waals surface area contributed by atoms with Gasteiger partial charge in [-0.3, -0.25) is 4.79 Å². The number of aryl methyl sites for hydroxylation is 1. The van der Waals surface area contributed by atoms with Gasteiger partial charge in [0.2, 0.25) is 5.91 Å². The Morgan fingerprint density at radius 2 is 1.64 bits per heavy atom. The summed E-state index contributed by atoms with van der Waals surface area (Å²) in [5.74, 6) is 0.795. The van der Waals surface area contributed by atoms with E-state index in [4.69, 9.17) is 4.42 Å². The first-order valence-corrected chi connectivity index (χ1v) is 11.4. The Morgan fingerprint density at radius 3 is 2.30 bits per heavy atom. The third-order valence-electron chi connectivity index (χ3n) is 5.33. The van der Waals surface area contributed by atoms with E-state index < -0.39 is 0 Å². The number of anilines is 1. The Hall–Kier alpha value is -3.54. The molecule has 0 aliphatic rings. The molecule has 0 unspecified atom stereocenters. The average Bonchev–Trinajstić information content (AvgIpc) is 3.32. The SMILES string of the molecule is CCc1ccccc1NC(=O)N(CC(=O)N(Cc1ccccc1)Cc1ccco1)CC(C)C. The highest BCUT2D eigenvalue weighted by molar-refractivity contribution is 5.93. The van der Waals surface area contributed by atoms with Crippen LogP contribution in [0.5, 0.6) is 0 Å². The van der Waals surface area contributed by atoms with Crippen LogP contribution in [0.15, 0.2) is 77.4 Å². The van der Waals surface area contributed by atoms with Gasteiger partial charge in [-0.15, -0.1) is 0 Å². The van der Waals surface area contributed by atoms with Gasteiger partial charge in [0.1, 0.15) is 12.3 Å². The summed E-state index contributed by atoms with van der Waals surface area (Å²) in [7, 11) is 0. The lowest BCUT2D eigenvalue weighted by Gasteiger charge is -2.29. The van der Waals surface area contributed by atoms with E-state index in [0.29, 0.717) is 25.4 Å². The first-order chi connectivity index (χ1) is 16.0. The molecular weight excluding hydrogens is 414 g/mol. The lowest BCUT2D eigenvalue weighted by Crippen LogP contribution is -2.45. The summed E-state index contributed by atoms with van der Waals surface area (Å²) in [5, 5.41) is 3.00. The number of carbonyl (C=O) groups excluding carboxylic acids is 2. The molecule has 0 radical (unpaired) electrons. The summed E-state index contributed by atoms with van der Waals surface area (Å²) in [6, 6.07) is 21.0. The highest BCUT2D eigenvalue weighted by Gasteiger charge is 2.23. The van der Waals surface area contributed by atoms with Gasteiger partial charge in [-0.1, -0.05) is 69.3 Å². The van der Waals surface area contributed by atoms with Crippen molar-refractivity contribution in [3.8, 4) is 0 Å². The Morgan fingerprint density at radius 1 is 0.909 bits per heavy atom. The van der Waals surface area contributed by atoms with Crippen LogP contribution in [-0.2, 0) is 24.3 Å². The molecule has 1 aromatic heterocycles. The maximum Gasteiger partial charge on any atom is 0.322 e. The summed E-state index contributed by atoms with van der Waals surface area (Å²) >= 11 is 0. The summed E-state index contributed by atoms with van der Waals surface area (Å²) < 4.78 is 5.49. The number of rotatable bonds is 10. The van der Waals surface area contributed by atoms with Gasteiger partial charge in [0.25, 0.3) is 0 Å². The molecule has 1 N–H and O–H groups in total. The summed E-state index contributed by atoms with van der Waals surface area (Å²) in [6.07, 6.45) is 2.41. The second-order valence-electron chi connectivity index (χ2n) is 8.53. The van der Waals surface area contributed by atoms with Gasteiger partial charge in [-0.25, -0.2) is 4.79 Å². The van der Waals surface area contributed by atoms with E-state index in [-0.39, 0.29) is 24.4 Å². The van der Waals surface area contributed by atoms with E-state index >= 15 is 0 Å². The molecule has 6 nitrogen and oxygen atoms in total. The molecule has 3 aromatic rings. The molecule has 3 rings (SSSR count). The van der Waals surface area contributed by atoms with Crippen LogP contribution in [0.4, 0.5) is 10.5 Å². The summed E-state index contributed by atoms with van der Waals surface area (Å²) in [4.78, 5) is 29.9. The fourth-order valence-corrected chi connectivity index (χ4v) is 3.69. The molecule has 0 fully saturated rings. The van der Waals surface area contributed by atoms with Gasteiger partial charge in [0, 0.05) is 18.8 Å². The molecule has 6 heteroatoms. The number of hydrogen-bond acceptors (Lipinski definition) is 3. The van der Waals surface area contributed by atoms with Crippen molar-refractivity contribution in [3.63, 3.8) is 0 Å². The zero-order valence-corrected chi connectivity index (χ0v) is 19.7. The van der Waals surface area contributed by atoms with Gasteiger partial charge in [0.15, 0.2) is 0 Å². The number of para-hydroxylation sites is 1. The number of hydrogen-bond donors (Lipinski definition) is 1. The second kappa shape index (κ2) is 11.9. The lowest BCUT2D eigenvalue weighted by atomic mass is 10.1. The number of urea groups is 1. The van der Waals surface area contributed by atoms with E-state index in [1.165, 1.54) is 0 Å². The van der Waals surface area contributed by atoms with E-state index in [0.717, 1.165) is 23.2 Å². The standard InChI is InChI=1S/C27H33N3O3/c1-4-23-13-8-9-15-25(23)28-27(32)30(17-21(2)3)20-26(31)29(19-24-14-10-16-33-24)18-22-11-6-5-7-12-22/h5-16,21H,4,17-20H2,1-3H3,(H,28,32). The minimum absolute atomic E-state index is 0.00809. The number of furan rings is 1. The van der Waals surface area contributed by atoms with Crippen LogP contribution in [0.25, 0.3) is 0 Å². The monoisotopic (exact) mass is 447 g/mol. The number of nitrogens with one attached hydrogen (secondary N) is 1. The third-order valence-corrected chi connectivity index (χ3v) is 5.33. The molecule has 0 atom stereocenters. The minimum Gasteiger partial charge on any atom is -0.467 e. The van der Waals surface area contributed by atoms with E-state index in [1.807, 2.05) is 80.6 Å². The third kappa shape index (κ3) is 7.24. The molecule has 1 heterocycles. The molecule has 0 saturated carbocycles. The first kappa shape index (κ1) is 24.1. The lowest BCUT2D eigenvalue weighted by molar-refractivity contribution is -0.133. The average molecular weight is 448 g/mol. The maximum atomic E-state index is 13.4. The fourth-order valence-electron chi connectivity index (χ4n) is 3.69. The van der Waals surface area contributed by atoms with Crippen LogP contribution >= 0.6 is 0 Å². The van der Waals surface area contributed by atoms with Crippen molar-refractivity contribution in [2.75, 3.05) is 18.4 Å². The van der Waals surface area contributed by atoms with Crippen LogP contribution in [0.3, 0.4) is 0 Å². The largest absolute Gasteiger partial charge is 0.467 e. The molecule has 0 aliphatic heterocycles. The predicted octanol–water partition coefficient (Wildman–Crippen LogP) is 5.56. The van der Waals surface area contributed by atoms with Crippen molar-refractivity contribution in [2.45, 2.75) is 40.3 Å². The number of benzene rings is 2. The van der Waals surface area contributed by atoms with Crippen molar-refractivity contribution in [2.24, 2.45) is 5.92 Å². The Balaban J connectivity index is 1.76. The quantitative estimate of drug-likeness (QED) is 0.442. The molecule has 0 aliphatic carbocycles. The van der Waals surface area contributed by atoms with Gasteiger partial charge in [-0.2, -0.15) is 0 Å². The summed E-state index contributed by atoms with van der Waals surface area (Å²) in [5.41, 5.74) is 2.86. The van der Waals surface area contributed by atoms with Crippen molar-refractivity contribution >= 4 is 17.6 Å². The Labute approximate surface area is 196 Å². The molecule has 3 amide bonds. The number of nitrogens with zero attached hydrogens (tertiary/aromatic N) is 2. The topological polar surface area (TPSA) is 65.8 Å². The van der Waals surface area contributed by atoms with Crippen LogP contribution in [0.1, 0.15) is 37.7 Å². The van der Waals surface area contributed by atoms with Crippen LogP contribution < -0.4 is 5.32 Å². The van der Waals surface area contributed by atoms with Crippen molar-refractivity contribution in [1.82, 2.24) is 9.80 Å². The predicted molar refractivity (Wildman–Crippen MR) is 131 cm³/mol. The first-order valence-electron chi connectivity index (χ1n) is 11.4.